The van der Waals surface area contributed by atoms with Crippen LogP contribution < -0.4 is 0 Å². The molecule has 0 atom stereocenters. The van der Waals surface area contributed by atoms with Crippen LogP contribution in [0.4, 0.5) is 0 Å². The van der Waals surface area contributed by atoms with Crippen LogP contribution >= 0.6 is 0 Å². The molecule has 1 aromatic carbocycles. The number of aryl methyl sites for hydroxylation is 2. The molecule has 8 heteroatoms. The number of piperazine rings is 1. The van der Waals surface area contributed by atoms with E-state index in [2.05, 4.69) is 56.7 Å². The fourth-order valence-electron chi connectivity index (χ4n) is 4.04. The first-order valence-electron chi connectivity index (χ1n) is 10.5. The lowest BCUT2D eigenvalue weighted by Crippen LogP contribution is -2.48. The fraction of sp³-hybridized carbons (Fsp3) is 0.304. The summed E-state index contributed by atoms with van der Waals surface area (Å²) in [6, 6.07) is 13.8. The van der Waals surface area contributed by atoms with Gasteiger partial charge in [-0.15, -0.1) is 5.10 Å². The molecule has 5 rings (SSSR count). The SMILES string of the molecule is Cc1ccc2nc(C)c(CN3CCN(C(=O)c4cnn(-c5ccccc5)n4)CC3)n2c1. The number of pyridine rings is 1. The number of hydrogen-bond donors (Lipinski definition) is 0. The standard InChI is InChI=1S/C23H25N7O/c1-17-8-9-22-25-18(2)21(29(22)15-17)16-27-10-12-28(13-11-27)23(31)20-14-24-30(26-20)19-6-4-3-5-7-19/h3-9,14-15H,10-13,16H2,1-2H3. The molecule has 1 aliphatic rings. The van der Waals surface area contributed by atoms with Crippen molar-refractivity contribution in [1.82, 2.24) is 34.2 Å². The minimum atomic E-state index is -0.0663. The van der Waals surface area contributed by atoms with Gasteiger partial charge in [0, 0.05) is 38.9 Å². The number of nitrogens with zero attached hydrogens (tertiary/aromatic N) is 7. The van der Waals surface area contributed by atoms with Gasteiger partial charge in [-0.2, -0.15) is 9.90 Å². The van der Waals surface area contributed by atoms with Crippen molar-refractivity contribution < 1.29 is 4.79 Å². The van der Waals surface area contributed by atoms with Crippen molar-refractivity contribution in [3.05, 3.63) is 77.5 Å². The molecule has 0 aliphatic carbocycles. The van der Waals surface area contributed by atoms with Gasteiger partial charge in [0.05, 0.1) is 23.3 Å². The number of fused-ring (bicyclic) bond motifs is 1. The predicted molar refractivity (Wildman–Crippen MR) is 117 cm³/mol. The van der Waals surface area contributed by atoms with E-state index >= 15 is 0 Å². The molecular formula is C23H25N7O. The highest BCUT2D eigenvalue weighted by Gasteiger charge is 2.25. The maximum atomic E-state index is 12.9. The molecule has 0 spiro atoms. The van der Waals surface area contributed by atoms with E-state index in [1.807, 2.05) is 35.2 Å². The molecule has 4 aromatic rings. The van der Waals surface area contributed by atoms with Crippen LogP contribution in [0.2, 0.25) is 0 Å². The van der Waals surface area contributed by atoms with Crippen LogP contribution in [-0.2, 0) is 6.54 Å². The van der Waals surface area contributed by atoms with E-state index in [0.29, 0.717) is 18.8 Å². The second-order valence-corrected chi connectivity index (χ2v) is 8.00. The van der Waals surface area contributed by atoms with E-state index in [1.165, 1.54) is 16.1 Å². The molecule has 31 heavy (non-hydrogen) atoms. The molecule has 0 bridgehead atoms. The molecule has 8 nitrogen and oxygen atoms in total. The molecule has 0 saturated carbocycles. The molecular weight excluding hydrogens is 390 g/mol. The Bertz CT molecular complexity index is 1220. The van der Waals surface area contributed by atoms with E-state index < -0.39 is 0 Å². The third-order valence-corrected chi connectivity index (χ3v) is 5.80. The summed E-state index contributed by atoms with van der Waals surface area (Å²) < 4.78 is 2.18. The average molecular weight is 416 g/mol. The van der Waals surface area contributed by atoms with Gasteiger partial charge >= 0.3 is 0 Å². The molecule has 1 saturated heterocycles. The number of amides is 1. The molecule has 4 heterocycles. The normalized spacial score (nSPS) is 15.0. The van der Waals surface area contributed by atoms with Gasteiger partial charge in [0.15, 0.2) is 5.69 Å². The molecule has 3 aromatic heterocycles. The van der Waals surface area contributed by atoms with Crippen LogP contribution in [0.3, 0.4) is 0 Å². The van der Waals surface area contributed by atoms with Gasteiger partial charge in [0.25, 0.3) is 5.91 Å². The summed E-state index contributed by atoms with van der Waals surface area (Å²) in [6.07, 6.45) is 3.69. The van der Waals surface area contributed by atoms with Crippen LogP contribution in [0.25, 0.3) is 11.3 Å². The zero-order chi connectivity index (χ0) is 21.4. The Hall–Kier alpha value is -3.52. The first kappa shape index (κ1) is 19.4. The second-order valence-electron chi connectivity index (χ2n) is 8.00. The predicted octanol–water partition coefficient (Wildman–Crippen LogP) is 2.49. The lowest BCUT2D eigenvalue weighted by atomic mass is 10.2. The minimum absolute atomic E-state index is 0.0663. The average Bonchev–Trinajstić information content (AvgIpc) is 3.40. The molecule has 0 unspecified atom stereocenters. The highest BCUT2D eigenvalue weighted by molar-refractivity contribution is 5.92. The van der Waals surface area contributed by atoms with Gasteiger partial charge in [-0.1, -0.05) is 24.3 Å². The Labute approximate surface area is 180 Å². The van der Waals surface area contributed by atoms with E-state index in [-0.39, 0.29) is 5.91 Å². The molecule has 1 amide bonds. The van der Waals surface area contributed by atoms with Crippen molar-refractivity contribution >= 4 is 11.6 Å². The largest absolute Gasteiger partial charge is 0.335 e. The first-order valence-corrected chi connectivity index (χ1v) is 10.5. The van der Waals surface area contributed by atoms with Gasteiger partial charge in [-0.3, -0.25) is 9.69 Å². The van der Waals surface area contributed by atoms with Crippen LogP contribution in [0.1, 0.15) is 27.4 Å². The van der Waals surface area contributed by atoms with Crippen molar-refractivity contribution in [2.45, 2.75) is 20.4 Å². The molecule has 1 fully saturated rings. The Kier molecular flexibility index (Phi) is 4.99. The van der Waals surface area contributed by atoms with Gasteiger partial charge in [0.1, 0.15) is 5.65 Å². The summed E-state index contributed by atoms with van der Waals surface area (Å²) in [4.78, 5) is 23.3. The fourth-order valence-corrected chi connectivity index (χ4v) is 4.04. The summed E-state index contributed by atoms with van der Waals surface area (Å²) >= 11 is 0. The number of benzene rings is 1. The summed E-state index contributed by atoms with van der Waals surface area (Å²) in [5, 5.41) is 8.63. The lowest BCUT2D eigenvalue weighted by molar-refractivity contribution is 0.0620. The summed E-state index contributed by atoms with van der Waals surface area (Å²) in [5.41, 5.74) is 5.68. The van der Waals surface area contributed by atoms with Crippen LogP contribution in [0.15, 0.2) is 54.9 Å². The Morgan fingerprint density at radius 1 is 1.00 bits per heavy atom. The zero-order valence-corrected chi connectivity index (χ0v) is 17.8. The molecule has 158 valence electrons. The molecule has 1 aliphatic heterocycles. The van der Waals surface area contributed by atoms with Crippen molar-refractivity contribution in [2.75, 3.05) is 26.2 Å². The van der Waals surface area contributed by atoms with Crippen molar-refractivity contribution in [3.63, 3.8) is 0 Å². The van der Waals surface area contributed by atoms with Crippen molar-refractivity contribution in [3.8, 4) is 5.69 Å². The number of aromatic nitrogens is 5. The summed E-state index contributed by atoms with van der Waals surface area (Å²) in [5.74, 6) is -0.0663. The number of para-hydroxylation sites is 1. The number of imidazole rings is 1. The number of hydrogen-bond acceptors (Lipinski definition) is 5. The highest BCUT2D eigenvalue weighted by atomic mass is 16.2. The van der Waals surface area contributed by atoms with Gasteiger partial charge in [-0.25, -0.2) is 4.98 Å². The maximum Gasteiger partial charge on any atom is 0.276 e. The Morgan fingerprint density at radius 3 is 2.55 bits per heavy atom. The Balaban J connectivity index is 1.24. The summed E-state index contributed by atoms with van der Waals surface area (Å²) in [6.45, 7) is 7.96. The number of carbonyl (C=O) groups excluding carboxylic acids is 1. The van der Waals surface area contributed by atoms with Gasteiger partial charge in [0.2, 0.25) is 0 Å². The third kappa shape index (κ3) is 3.82. The monoisotopic (exact) mass is 415 g/mol. The van der Waals surface area contributed by atoms with Gasteiger partial charge < -0.3 is 9.30 Å². The van der Waals surface area contributed by atoms with Crippen LogP contribution in [-0.4, -0.2) is 66.3 Å². The first-order chi connectivity index (χ1) is 15.1. The second kappa shape index (κ2) is 7.96. The quantitative estimate of drug-likeness (QED) is 0.512. The van der Waals surface area contributed by atoms with Crippen LogP contribution in [0, 0.1) is 13.8 Å². The van der Waals surface area contributed by atoms with E-state index in [9.17, 15) is 4.79 Å². The topological polar surface area (TPSA) is 71.6 Å². The van der Waals surface area contributed by atoms with Crippen LogP contribution in [0.5, 0.6) is 0 Å². The number of carbonyl (C=O) groups is 1. The molecule has 0 radical (unpaired) electrons. The minimum Gasteiger partial charge on any atom is -0.335 e. The van der Waals surface area contributed by atoms with E-state index in [0.717, 1.165) is 36.7 Å². The third-order valence-electron chi connectivity index (χ3n) is 5.80. The molecule has 0 N–H and O–H groups in total. The van der Waals surface area contributed by atoms with Gasteiger partial charge in [-0.05, 0) is 37.6 Å². The summed E-state index contributed by atoms with van der Waals surface area (Å²) in [7, 11) is 0. The lowest BCUT2D eigenvalue weighted by Gasteiger charge is -2.34. The maximum absolute atomic E-state index is 12.9. The van der Waals surface area contributed by atoms with E-state index in [1.54, 1.807) is 6.20 Å². The van der Waals surface area contributed by atoms with Crippen molar-refractivity contribution in [1.29, 1.82) is 0 Å². The number of rotatable bonds is 4. The van der Waals surface area contributed by atoms with Crippen molar-refractivity contribution in [2.24, 2.45) is 0 Å². The Morgan fingerprint density at radius 2 is 1.77 bits per heavy atom. The highest BCUT2D eigenvalue weighted by Crippen LogP contribution is 2.17. The zero-order valence-electron chi connectivity index (χ0n) is 17.8. The van der Waals surface area contributed by atoms with E-state index in [4.69, 9.17) is 0 Å². The smallest absolute Gasteiger partial charge is 0.276 e.